The molecule has 2 saturated carbocycles. The standard InChI is InChI=1S/C29H34ClN3O3/c1-33(2)16-17-4-9-21(10-5-17)32-27-22-12-19(20-13-24(30)29(35)26(14-20)36-3)8-11-25(22)31-15-23(27)28(34)18-6-7-18/h8,11-15,17-18,21,35H,4-7,9-10,16H2,1-3H3,(H,31,32)/t17-,21-. The maximum atomic E-state index is 13.3. The molecule has 2 N–H and O–H groups in total. The molecule has 0 radical (unpaired) electrons. The number of pyridine rings is 1. The lowest BCUT2D eigenvalue weighted by molar-refractivity contribution is 0.0968. The molecular weight excluding hydrogens is 474 g/mol. The second kappa shape index (κ2) is 10.3. The highest BCUT2D eigenvalue weighted by atomic mass is 35.5. The number of benzene rings is 2. The number of anilines is 1. The molecule has 2 aliphatic rings. The van der Waals surface area contributed by atoms with Crippen LogP contribution < -0.4 is 10.1 Å². The van der Waals surface area contributed by atoms with Crippen molar-refractivity contribution in [3.63, 3.8) is 0 Å². The Morgan fingerprint density at radius 1 is 1.11 bits per heavy atom. The van der Waals surface area contributed by atoms with E-state index in [0.717, 1.165) is 65.9 Å². The number of halogens is 1. The van der Waals surface area contributed by atoms with Crippen LogP contribution in [0.1, 0.15) is 48.9 Å². The average Bonchev–Trinajstić information content (AvgIpc) is 3.71. The first kappa shape index (κ1) is 24.8. The van der Waals surface area contributed by atoms with Crippen molar-refractivity contribution in [2.75, 3.05) is 33.1 Å². The fraction of sp³-hybridized carbons (Fsp3) is 0.448. The van der Waals surface area contributed by atoms with Gasteiger partial charge in [-0.25, -0.2) is 0 Å². The second-order valence-electron chi connectivity index (χ2n) is 10.6. The second-order valence-corrected chi connectivity index (χ2v) is 11.0. The molecule has 0 bridgehead atoms. The van der Waals surface area contributed by atoms with E-state index in [0.29, 0.717) is 17.4 Å². The van der Waals surface area contributed by atoms with Crippen LogP contribution in [0.3, 0.4) is 0 Å². The summed E-state index contributed by atoms with van der Waals surface area (Å²) < 4.78 is 5.31. The lowest BCUT2D eigenvalue weighted by Gasteiger charge is -2.32. The Morgan fingerprint density at radius 2 is 1.86 bits per heavy atom. The van der Waals surface area contributed by atoms with Crippen molar-refractivity contribution in [2.45, 2.75) is 44.6 Å². The number of ether oxygens (including phenoxy) is 1. The highest BCUT2D eigenvalue weighted by Gasteiger charge is 2.33. The molecule has 1 aromatic heterocycles. The Morgan fingerprint density at radius 3 is 2.53 bits per heavy atom. The summed E-state index contributed by atoms with van der Waals surface area (Å²) in [4.78, 5) is 20.2. The van der Waals surface area contributed by atoms with Crippen LogP contribution in [0, 0.1) is 11.8 Å². The van der Waals surface area contributed by atoms with Crippen molar-refractivity contribution < 1.29 is 14.6 Å². The number of nitrogens with one attached hydrogen (secondary N) is 1. The number of phenols is 1. The minimum absolute atomic E-state index is 0.0742. The van der Waals surface area contributed by atoms with Crippen LogP contribution in [0.2, 0.25) is 5.02 Å². The van der Waals surface area contributed by atoms with Crippen LogP contribution in [-0.2, 0) is 0 Å². The van der Waals surface area contributed by atoms with E-state index in [-0.39, 0.29) is 22.5 Å². The Bertz CT molecular complexity index is 1280. The third-order valence-corrected chi connectivity index (χ3v) is 7.77. The van der Waals surface area contributed by atoms with E-state index in [1.807, 2.05) is 12.1 Å². The fourth-order valence-corrected chi connectivity index (χ4v) is 5.60. The van der Waals surface area contributed by atoms with Crippen LogP contribution in [0.15, 0.2) is 36.5 Å². The van der Waals surface area contributed by atoms with E-state index in [1.165, 1.54) is 20.0 Å². The van der Waals surface area contributed by atoms with Gasteiger partial charge in [0.15, 0.2) is 17.3 Å². The molecule has 3 aromatic rings. The largest absolute Gasteiger partial charge is 0.503 e. The fourth-order valence-electron chi connectivity index (χ4n) is 5.39. The number of aromatic hydroxyl groups is 1. The van der Waals surface area contributed by atoms with Crippen molar-refractivity contribution in [2.24, 2.45) is 11.8 Å². The molecule has 0 amide bonds. The molecule has 0 unspecified atom stereocenters. The van der Waals surface area contributed by atoms with E-state index in [1.54, 1.807) is 18.3 Å². The van der Waals surface area contributed by atoms with E-state index < -0.39 is 0 Å². The number of aromatic nitrogens is 1. The number of carbonyl (C=O) groups excluding carboxylic acids is 1. The smallest absolute Gasteiger partial charge is 0.176 e. The first-order valence-electron chi connectivity index (χ1n) is 12.8. The van der Waals surface area contributed by atoms with E-state index in [2.05, 4.69) is 35.4 Å². The predicted octanol–water partition coefficient (Wildman–Crippen LogP) is 6.39. The zero-order valence-corrected chi connectivity index (χ0v) is 21.9. The zero-order chi connectivity index (χ0) is 25.4. The number of carbonyl (C=O) groups is 1. The van der Waals surface area contributed by atoms with Crippen LogP contribution in [0.25, 0.3) is 22.0 Å². The van der Waals surface area contributed by atoms with Crippen LogP contribution in [-0.4, -0.2) is 54.6 Å². The summed E-state index contributed by atoms with van der Waals surface area (Å²) in [7, 11) is 5.78. The van der Waals surface area contributed by atoms with Gasteiger partial charge in [0.25, 0.3) is 0 Å². The molecule has 2 aliphatic carbocycles. The SMILES string of the molecule is COc1cc(-c2ccc3ncc(C(=O)C4CC4)c(N[C@H]4CC[C@H](CN(C)C)CC4)c3c2)cc(Cl)c1O. The van der Waals surface area contributed by atoms with Gasteiger partial charge in [0.2, 0.25) is 0 Å². The molecule has 0 saturated heterocycles. The zero-order valence-electron chi connectivity index (χ0n) is 21.2. The maximum absolute atomic E-state index is 13.3. The van der Waals surface area contributed by atoms with Crippen LogP contribution >= 0.6 is 11.6 Å². The highest BCUT2D eigenvalue weighted by molar-refractivity contribution is 6.32. The van der Waals surface area contributed by atoms with Crippen molar-refractivity contribution in [3.05, 3.63) is 47.1 Å². The molecule has 7 heteroatoms. The molecule has 0 atom stereocenters. The van der Waals surface area contributed by atoms with Gasteiger partial charge in [-0.3, -0.25) is 9.78 Å². The molecule has 190 valence electrons. The van der Waals surface area contributed by atoms with Crippen LogP contribution in [0.5, 0.6) is 11.5 Å². The molecule has 0 aliphatic heterocycles. The predicted molar refractivity (Wildman–Crippen MR) is 145 cm³/mol. The summed E-state index contributed by atoms with van der Waals surface area (Å²) in [6, 6.07) is 9.85. The van der Waals surface area contributed by atoms with E-state index >= 15 is 0 Å². The maximum Gasteiger partial charge on any atom is 0.176 e. The Labute approximate surface area is 217 Å². The number of methoxy groups -OCH3 is 1. The average molecular weight is 508 g/mol. The number of fused-ring (bicyclic) bond motifs is 1. The number of rotatable bonds is 8. The quantitative estimate of drug-likeness (QED) is 0.344. The lowest BCUT2D eigenvalue weighted by Crippen LogP contribution is -2.31. The van der Waals surface area contributed by atoms with Crippen molar-refractivity contribution in [1.29, 1.82) is 0 Å². The number of nitrogens with zero attached hydrogens (tertiary/aromatic N) is 2. The minimum Gasteiger partial charge on any atom is -0.503 e. The molecule has 2 fully saturated rings. The Hall–Kier alpha value is -2.83. The third kappa shape index (κ3) is 5.16. The van der Waals surface area contributed by atoms with Crippen molar-refractivity contribution in [3.8, 4) is 22.6 Å². The Kier molecular flexibility index (Phi) is 7.09. The van der Waals surface area contributed by atoms with E-state index in [4.69, 9.17) is 16.3 Å². The molecule has 0 spiro atoms. The summed E-state index contributed by atoms with van der Waals surface area (Å²) in [5.41, 5.74) is 4.17. The van der Waals surface area contributed by atoms with E-state index in [9.17, 15) is 9.90 Å². The molecule has 1 heterocycles. The highest BCUT2D eigenvalue weighted by Crippen LogP contribution is 2.41. The van der Waals surface area contributed by atoms with Gasteiger partial charge in [0.05, 0.1) is 28.9 Å². The molecular formula is C29H34ClN3O3. The number of phenolic OH excluding ortho intramolecular Hbond substituents is 1. The lowest BCUT2D eigenvalue weighted by atomic mass is 9.85. The molecule has 36 heavy (non-hydrogen) atoms. The normalized spacial score (nSPS) is 20.0. The first-order valence-corrected chi connectivity index (χ1v) is 13.2. The van der Waals surface area contributed by atoms with Crippen molar-refractivity contribution >= 4 is 34.0 Å². The summed E-state index contributed by atoms with van der Waals surface area (Å²) in [6.45, 7) is 1.12. The summed E-state index contributed by atoms with van der Waals surface area (Å²) in [5, 5.41) is 15.1. The molecule has 6 nitrogen and oxygen atoms in total. The number of hydrogen-bond donors (Lipinski definition) is 2. The van der Waals surface area contributed by atoms with Gasteiger partial charge < -0.3 is 20.1 Å². The van der Waals surface area contributed by atoms with Gasteiger partial charge in [-0.05, 0) is 93.9 Å². The van der Waals surface area contributed by atoms with Gasteiger partial charge in [0.1, 0.15) is 0 Å². The van der Waals surface area contributed by atoms with Gasteiger partial charge in [-0.1, -0.05) is 17.7 Å². The van der Waals surface area contributed by atoms with Gasteiger partial charge >= 0.3 is 0 Å². The number of hydrogen-bond acceptors (Lipinski definition) is 6. The summed E-state index contributed by atoms with van der Waals surface area (Å²) in [6.07, 6.45) is 8.20. The van der Waals surface area contributed by atoms with Gasteiger partial charge in [-0.2, -0.15) is 0 Å². The number of ketones is 1. The molecule has 2 aromatic carbocycles. The first-order chi connectivity index (χ1) is 17.3. The monoisotopic (exact) mass is 507 g/mol. The number of Topliss-reactive ketones (excluding diaryl/α,β-unsaturated/α-hetero) is 1. The van der Waals surface area contributed by atoms with Crippen molar-refractivity contribution in [1.82, 2.24) is 9.88 Å². The Balaban J connectivity index is 1.53. The summed E-state index contributed by atoms with van der Waals surface area (Å²) in [5.74, 6) is 1.27. The molecule has 5 rings (SSSR count). The van der Waals surface area contributed by atoms with Gasteiger partial charge in [-0.15, -0.1) is 0 Å². The van der Waals surface area contributed by atoms with Crippen LogP contribution in [0.4, 0.5) is 5.69 Å². The summed E-state index contributed by atoms with van der Waals surface area (Å²) >= 11 is 6.28. The van der Waals surface area contributed by atoms with Gasteiger partial charge in [0, 0.05) is 30.1 Å². The minimum atomic E-state index is -0.0742. The topological polar surface area (TPSA) is 74.7 Å². The third-order valence-electron chi connectivity index (χ3n) is 7.48.